The van der Waals surface area contributed by atoms with Gasteiger partial charge in [0.1, 0.15) is 11.7 Å². The number of hydrogen-bond donors (Lipinski definition) is 4. The number of phenols is 1. The van der Waals surface area contributed by atoms with E-state index in [0.717, 1.165) is 0 Å². The van der Waals surface area contributed by atoms with Crippen LogP contribution in [0.4, 0.5) is 5.69 Å². The van der Waals surface area contributed by atoms with Gasteiger partial charge in [-0.1, -0.05) is 6.07 Å². The number of carbonyl (C=O) groups excluding carboxylic acids is 5. The monoisotopic (exact) mass is 616 g/mol. The molecule has 14 nitrogen and oxygen atoms in total. The molecule has 2 saturated carbocycles. The molecule has 1 aliphatic heterocycles. The molecule has 2 aromatic carbocycles. The lowest BCUT2D eigenvalue weighted by Gasteiger charge is -2.60. The molecule has 14 heteroatoms. The van der Waals surface area contributed by atoms with E-state index in [1.165, 1.54) is 19.0 Å². The summed E-state index contributed by atoms with van der Waals surface area (Å²) >= 11 is 0. The molecule has 0 aromatic heterocycles. The molecular weight excluding hydrogens is 584 g/mol. The molecule has 3 aliphatic carbocycles. The Balaban J connectivity index is 1.59. The second-order valence-corrected chi connectivity index (χ2v) is 12.7. The van der Waals surface area contributed by atoms with Gasteiger partial charge in [-0.15, -0.1) is 0 Å². The van der Waals surface area contributed by atoms with Gasteiger partial charge in [0.05, 0.1) is 23.2 Å². The van der Waals surface area contributed by atoms with Crippen LogP contribution in [0.5, 0.6) is 17.2 Å². The number of ketones is 4. The maximum Gasteiger partial charge on any atom is 0.235 e. The molecule has 45 heavy (non-hydrogen) atoms. The number of primary amides is 1. The lowest BCUT2D eigenvalue weighted by Crippen LogP contribution is -2.85. The van der Waals surface area contributed by atoms with Crippen LogP contribution in [0, 0.1) is 28.6 Å². The highest BCUT2D eigenvalue weighted by atomic mass is 16.7. The number of benzene rings is 2. The number of nitrogens with two attached hydrogens (primary N) is 3. The topological polar surface area (TPSA) is 232 Å². The zero-order chi connectivity index (χ0) is 33.0. The number of aromatic hydroxyl groups is 1. The van der Waals surface area contributed by atoms with E-state index < -0.39 is 75.6 Å². The SMILES string of the molecule is CN(C)c1cc(-c2ccc3c(c2)OCO3)c(O)c2c1C[C@@]1(N)C[C@@]3(N)[C@H](N(C)C)C(=O)C(C(N)=O)C(=O)[C@@]3(C#N)C(=O)C1C2=O. The van der Waals surface area contributed by atoms with Crippen LogP contribution in [-0.2, 0) is 25.6 Å². The van der Waals surface area contributed by atoms with Gasteiger partial charge in [0.25, 0.3) is 0 Å². The third-order valence-electron chi connectivity index (χ3n) is 9.73. The van der Waals surface area contributed by atoms with Gasteiger partial charge >= 0.3 is 0 Å². The van der Waals surface area contributed by atoms with E-state index in [1.54, 1.807) is 49.3 Å². The number of nitriles is 1. The highest BCUT2D eigenvalue weighted by molar-refractivity contribution is 6.33. The van der Waals surface area contributed by atoms with Gasteiger partial charge in [-0.2, -0.15) is 5.26 Å². The van der Waals surface area contributed by atoms with Crippen molar-refractivity contribution in [1.29, 1.82) is 5.26 Å². The molecule has 0 spiro atoms. The molecule has 0 radical (unpaired) electrons. The number of carbonyl (C=O) groups is 5. The van der Waals surface area contributed by atoms with Gasteiger partial charge in [0.2, 0.25) is 12.7 Å². The Morgan fingerprint density at radius 3 is 2.31 bits per heavy atom. The molecule has 2 unspecified atom stereocenters. The Hall–Kier alpha value is -4.84. The van der Waals surface area contributed by atoms with Crippen LogP contribution in [0.1, 0.15) is 22.3 Å². The minimum absolute atomic E-state index is 0.0254. The molecule has 1 amide bonds. The minimum atomic E-state index is -2.81. The first-order valence-corrected chi connectivity index (χ1v) is 14.1. The molecule has 1 heterocycles. The van der Waals surface area contributed by atoms with Crippen molar-refractivity contribution in [2.24, 2.45) is 34.5 Å². The zero-order valence-electron chi connectivity index (χ0n) is 25.0. The molecule has 6 rings (SSSR count). The summed E-state index contributed by atoms with van der Waals surface area (Å²) in [6.45, 7) is 0.0254. The van der Waals surface area contributed by atoms with Crippen LogP contribution in [0.25, 0.3) is 11.1 Å². The smallest absolute Gasteiger partial charge is 0.235 e. The molecule has 234 valence electrons. The molecular formula is C31H32N6O8. The van der Waals surface area contributed by atoms with Crippen molar-refractivity contribution in [3.05, 3.63) is 35.4 Å². The number of amides is 1. The second kappa shape index (κ2) is 9.58. The Labute approximate surface area is 257 Å². The van der Waals surface area contributed by atoms with E-state index in [2.05, 4.69) is 0 Å². The van der Waals surface area contributed by atoms with Crippen LogP contribution in [0.2, 0.25) is 0 Å². The third-order valence-corrected chi connectivity index (χ3v) is 9.73. The van der Waals surface area contributed by atoms with Gasteiger partial charge in [0.15, 0.2) is 46.0 Å². The van der Waals surface area contributed by atoms with Crippen LogP contribution >= 0.6 is 0 Å². The lowest BCUT2D eigenvalue weighted by molar-refractivity contribution is -0.166. The summed E-state index contributed by atoms with van der Waals surface area (Å²) in [4.78, 5) is 72.1. The van der Waals surface area contributed by atoms with E-state index in [0.29, 0.717) is 28.3 Å². The van der Waals surface area contributed by atoms with Crippen LogP contribution in [0.3, 0.4) is 0 Å². The van der Waals surface area contributed by atoms with Crippen molar-refractivity contribution in [2.75, 3.05) is 39.9 Å². The average molecular weight is 617 g/mol. The predicted molar refractivity (Wildman–Crippen MR) is 157 cm³/mol. The molecule has 7 N–H and O–H groups in total. The average Bonchev–Trinajstić information content (AvgIpc) is 3.40. The summed E-state index contributed by atoms with van der Waals surface area (Å²) in [5, 5.41) is 22.2. The normalized spacial score (nSPS) is 31.6. The lowest BCUT2D eigenvalue weighted by atomic mass is 9.42. The van der Waals surface area contributed by atoms with Crippen LogP contribution in [-0.4, -0.2) is 91.1 Å². The Kier molecular flexibility index (Phi) is 6.43. The fraction of sp³-hybridized carbons (Fsp3) is 0.419. The first-order valence-electron chi connectivity index (χ1n) is 14.1. The van der Waals surface area contributed by atoms with Crippen molar-refractivity contribution in [1.82, 2.24) is 4.90 Å². The van der Waals surface area contributed by atoms with Crippen molar-refractivity contribution < 1.29 is 38.6 Å². The summed E-state index contributed by atoms with van der Waals surface area (Å²) in [6, 6.07) is 6.90. The van der Waals surface area contributed by atoms with Crippen molar-refractivity contribution in [2.45, 2.75) is 30.0 Å². The third kappa shape index (κ3) is 3.68. The van der Waals surface area contributed by atoms with Crippen LogP contribution in [0.15, 0.2) is 24.3 Å². The van der Waals surface area contributed by atoms with Gasteiger partial charge in [-0.3, -0.25) is 28.9 Å². The number of hydrogen-bond acceptors (Lipinski definition) is 13. The molecule has 6 atom stereocenters. The fourth-order valence-corrected chi connectivity index (χ4v) is 7.94. The number of nitrogens with zero attached hydrogens (tertiary/aromatic N) is 3. The van der Waals surface area contributed by atoms with E-state index in [9.17, 15) is 34.3 Å². The van der Waals surface area contributed by atoms with Gasteiger partial charge in [-0.05, 0) is 56.3 Å². The molecule has 2 aromatic rings. The van der Waals surface area contributed by atoms with Crippen molar-refractivity contribution >= 4 is 34.7 Å². The number of phenolic OH excluding ortho intramolecular Hbond substituents is 1. The Bertz CT molecular complexity index is 1800. The summed E-state index contributed by atoms with van der Waals surface area (Å²) in [7, 11) is 6.37. The van der Waals surface area contributed by atoms with Crippen LogP contribution < -0.4 is 31.6 Å². The van der Waals surface area contributed by atoms with E-state index in [4.69, 9.17) is 26.7 Å². The first kappa shape index (κ1) is 30.2. The molecule has 2 fully saturated rings. The standard InChI is InChI=1S/C31H32N6O8/c1-36(2)16-8-14(13-5-6-17-18(7-13)45-12-44-17)22(38)19-15(16)9-29(34)10-31(35)25(37(3)4)24(40)20(28(33)43)26(41)30(31,11-32)27(42)21(29)23(19)39/h5-8,20-21,25,38H,9-10,12,34-35H2,1-4H3,(H2,33,43)/t20?,21?,25-,29-,30+,31-/m1/s1. The van der Waals surface area contributed by atoms with E-state index in [1.807, 2.05) is 0 Å². The van der Waals surface area contributed by atoms with Crippen molar-refractivity contribution in [3.8, 4) is 34.4 Å². The first-order chi connectivity index (χ1) is 21.1. The van der Waals surface area contributed by atoms with Gasteiger partial charge < -0.3 is 36.7 Å². The number of anilines is 1. The number of Topliss-reactive ketones (excluding diaryl/α,β-unsaturated/α-hetero) is 4. The van der Waals surface area contributed by atoms with Gasteiger partial charge in [-0.25, -0.2) is 0 Å². The molecule has 0 bridgehead atoms. The van der Waals surface area contributed by atoms with Crippen molar-refractivity contribution in [3.63, 3.8) is 0 Å². The summed E-state index contributed by atoms with van der Waals surface area (Å²) < 4.78 is 10.9. The van der Waals surface area contributed by atoms with Gasteiger partial charge in [0, 0.05) is 30.9 Å². The Morgan fingerprint density at radius 1 is 1.04 bits per heavy atom. The molecule has 4 aliphatic rings. The quantitative estimate of drug-likeness (QED) is 0.311. The Morgan fingerprint density at radius 2 is 1.71 bits per heavy atom. The summed E-state index contributed by atoms with van der Waals surface area (Å²) in [6.07, 6.45) is -0.659. The van der Waals surface area contributed by atoms with E-state index >= 15 is 0 Å². The predicted octanol–water partition coefficient (Wildman–Crippen LogP) is -0.730. The minimum Gasteiger partial charge on any atom is -0.507 e. The number of fused-ring (bicyclic) bond motifs is 4. The zero-order valence-corrected chi connectivity index (χ0v) is 25.0. The summed E-state index contributed by atoms with van der Waals surface area (Å²) in [5.74, 6) is -9.26. The number of ether oxygens (including phenoxy) is 2. The highest BCUT2D eigenvalue weighted by Crippen LogP contribution is 2.57. The number of rotatable bonds is 4. The summed E-state index contributed by atoms with van der Waals surface area (Å²) in [5.41, 5.74) is 13.8. The number of likely N-dealkylation sites (N-methyl/N-ethyl adjacent to an activating group) is 1. The largest absolute Gasteiger partial charge is 0.507 e. The maximum absolute atomic E-state index is 14.6. The second-order valence-electron chi connectivity index (χ2n) is 12.7. The molecule has 0 saturated heterocycles. The highest BCUT2D eigenvalue weighted by Gasteiger charge is 2.78. The van der Waals surface area contributed by atoms with E-state index in [-0.39, 0.29) is 24.3 Å². The fourth-order valence-electron chi connectivity index (χ4n) is 7.94. The maximum atomic E-state index is 14.6.